The monoisotopic (exact) mass is 276 g/mol. The van der Waals surface area contributed by atoms with Gasteiger partial charge in [-0.1, -0.05) is 18.1 Å². The molecule has 1 aromatic carbocycles. The number of aromatic hydroxyl groups is 1. The molecule has 4 N–H and O–H groups in total. The molecule has 6 nitrogen and oxygen atoms in total. The van der Waals surface area contributed by atoms with Gasteiger partial charge in [0.15, 0.2) is 0 Å². The Morgan fingerprint density at radius 3 is 2.50 bits per heavy atom. The molecule has 0 saturated carbocycles. The van der Waals surface area contributed by atoms with E-state index in [-0.39, 0.29) is 25.3 Å². The number of hydrogen-bond acceptors (Lipinski definition) is 4. The fraction of sp³-hybridized carbons (Fsp3) is 0.286. The molecule has 0 aromatic heterocycles. The van der Waals surface area contributed by atoms with Gasteiger partial charge in [0.05, 0.1) is 13.1 Å². The third-order valence-electron chi connectivity index (χ3n) is 2.52. The topological polar surface area (TPSA) is 98.7 Å². The van der Waals surface area contributed by atoms with Gasteiger partial charge in [0.2, 0.25) is 5.91 Å². The standard InChI is InChI=1S/C14H16N2O4/c1-2-7-15-9-13(18)16-12(14(19)20)8-10-3-5-11(17)6-4-10/h1,3-6,12,15,17H,7-9H2,(H,16,18)(H,19,20)/t12-/m1/s1. The van der Waals surface area contributed by atoms with E-state index >= 15 is 0 Å². The molecule has 0 heterocycles. The lowest BCUT2D eigenvalue weighted by molar-refractivity contribution is -0.141. The van der Waals surface area contributed by atoms with Crippen LogP contribution in [-0.4, -0.2) is 41.2 Å². The van der Waals surface area contributed by atoms with E-state index in [1.165, 1.54) is 12.1 Å². The molecule has 0 spiro atoms. The number of carboxylic acid groups (broad SMARTS) is 1. The first-order valence-corrected chi connectivity index (χ1v) is 5.97. The fourth-order valence-electron chi connectivity index (χ4n) is 1.56. The summed E-state index contributed by atoms with van der Waals surface area (Å²) < 4.78 is 0. The van der Waals surface area contributed by atoms with E-state index < -0.39 is 17.9 Å². The number of nitrogens with one attached hydrogen (secondary N) is 2. The Bertz CT molecular complexity index is 505. The van der Waals surface area contributed by atoms with E-state index in [0.29, 0.717) is 5.56 Å². The number of carbonyl (C=O) groups is 2. The van der Waals surface area contributed by atoms with Crippen LogP contribution < -0.4 is 10.6 Å². The van der Waals surface area contributed by atoms with Crippen LogP contribution in [0.2, 0.25) is 0 Å². The molecule has 1 atom stereocenters. The Labute approximate surface area is 116 Å². The van der Waals surface area contributed by atoms with Crippen LogP contribution >= 0.6 is 0 Å². The van der Waals surface area contributed by atoms with Crippen LogP contribution in [0.1, 0.15) is 5.56 Å². The zero-order chi connectivity index (χ0) is 15.0. The molecule has 0 bridgehead atoms. The normalized spacial score (nSPS) is 11.3. The van der Waals surface area contributed by atoms with Crippen LogP contribution in [0.3, 0.4) is 0 Å². The molecule has 0 aliphatic carbocycles. The van der Waals surface area contributed by atoms with E-state index in [4.69, 9.17) is 16.6 Å². The number of hydrogen-bond donors (Lipinski definition) is 4. The van der Waals surface area contributed by atoms with Gasteiger partial charge in [-0.25, -0.2) is 4.79 Å². The van der Waals surface area contributed by atoms with Gasteiger partial charge in [0.25, 0.3) is 0 Å². The minimum Gasteiger partial charge on any atom is -0.508 e. The average Bonchev–Trinajstić information content (AvgIpc) is 2.40. The molecule has 1 aromatic rings. The van der Waals surface area contributed by atoms with E-state index in [1.54, 1.807) is 12.1 Å². The number of benzene rings is 1. The molecule has 106 valence electrons. The lowest BCUT2D eigenvalue weighted by Crippen LogP contribution is -2.45. The lowest BCUT2D eigenvalue weighted by atomic mass is 10.1. The first-order chi connectivity index (χ1) is 9.52. The van der Waals surface area contributed by atoms with Gasteiger partial charge in [-0.3, -0.25) is 10.1 Å². The highest BCUT2D eigenvalue weighted by atomic mass is 16.4. The van der Waals surface area contributed by atoms with E-state index in [0.717, 1.165) is 0 Å². The summed E-state index contributed by atoms with van der Waals surface area (Å²) in [7, 11) is 0. The number of aliphatic carboxylic acids is 1. The maximum absolute atomic E-state index is 11.5. The van der Waals surface area contributed by atoms with E-state index in [2.05, 4.69) is 16.6 Å². The van der Waals surface area contributed by atoms with Gasteiger partial charge in [0, 0.05) is 6.42 Å². The molecule has 0 aliphatic heterocycles. The second kappa shape index (κ2) is 7.81. The van der Waals surface area contributed by atoms with E-state index in [9.17, 15) is 9.59 Å². The van der Waals surface area contributed by atoms with Gasteiger partial charge in [-0.15, -0.1) is 6.42 Å². The largest absolute Gasteiger partial charge is 0.508 e. The summed E-state index contributed by atoms with van der Waals surface area (Å²) in [5.41, 5.74) is 0.701. The molecule has 6 heteroatoms. The Balaban J connectivity index is 2.56. The second-order valence-corrected chi connectivity index (χ2v) is 4.14. The van der Waals surface area contributed by atoms with Crippen LogP contribution in [0.25, 0.3) is 0 Å². The van der Waals surface area contributed by atoms with Crippen LogP contribution in [0.5, 0.6) is 5.75 Å². The van der Waals surface area contributed by atoms with Crippen LogP contribution in [0, 0.1) is 12.3 Å². The van der Waals surface area contributed by atoms with Crippen molar-refractivity contribution >= 4 is 11.9 Å². The lowest BCUT2D eigenvalue weighted by Gasteiger charge is -2.14. The Hall–Kier alpha value is -2.52. The average molecular weight is 276 g/mol. The smallest absolute Gasteiger partial charge is 0.326 e. The molecule has 0 fully saturated rings. The number of rotatable bonds is 7. The summed E-state index contributed by atoms with van der Waals surface area (Å²) in [5.74, 6) is 0.853. The first kappa shape index (κ1) is 15.5. The number of phenolic OH excluding ortho intramolecular Hbond substituents is 1. The number of phenols is 1. The van der Waals surface area contributed by atoms with Gasteiger partial charge < -0.3 is 15.5 Å². The number of terminal acetylenes is 1. The summed E-state index contributed by atoms with van der Waals surface area (Å²) in [4.78, 5) is 22.7. The summed E-state index contributed by atoms with van der Waals surface area (Å²) in [5, 5.41) is 23.3. The minimum absolute atomic E-state index is 0.0381. The summed E-state index contributed by atoms with van der Waals surface area (Å²) >= 11 is 0. The highest BCUT2D eigenvalue weighted by Gasteiger charge is 2.20. The Morgan fingerprint density at radius 1 is 1.30 bits per heavy atom. The highest BCUT2D eigenvalue weighted by Crippen LogP contribution is 2.11. The molecule has 20 heavy (non-hydrogen) atoms. The number of carboxylic acids is 1. The quantitative estimate of drug-likeness (QED) is 0.406. The predicted octanol–water partition coefficient (Wildman–Crippen LogP) is -0.273. The zero-order valence-corrected chi connectivity index (χ0v) is 10.8. The maximum atomic E-state index is 11.5. The van der Waals surface area contributed by atoms with Gasteiger partial charge in [-0.05, 0) is 17.7 Å². The molecule has 0 radical (unpaired) electrons. The number of amides is 1. The summed E-state index contributed by atoms with van der Waals surface area (Å²) in [6, 6.07) is 5.11. The Morgan fingerprint density at radius 2 is 1.95 bits per heavy atom. The minimum atomic E-state index is -1.12. The molecular formula is C14H16N2O4. The van der Waals surface area contributed by atoms with Gasteiger partial charge in [0.1, 0.15) is 11.8 Å². The third-order valence-corrected chi connectivity index (χ3v) is 2.52. The predicted molar refractivity (Wildman–Crippen MR) is 73.1 cm³/mol. The van der Waals surface area contributed by atoms with Crippen LogP contribution in [-0.2, 0) is 16.0 Å². The molecule has 0 saturated heterocycles. The fourth-order valence-corrected chi connectivity index (χ4v) is 1.56. The van der Waals surface area contributed by atoms with Crippen molar-refractivity contribution in [2.45, 2.75) is 12.5 Å². The van der Waals surface area contributed by atoms with Crippen LogP contribution in [0.15, 0.2) is 24.3 Å². The zero-order valence-electron chi connectivity index (χ0n) is 10.8. The summed E-state index contributed by atoms with van der Waals surface area (Å²) in [6.07, 6.45) is 5.16. The highest BCUT2D eigenvalue weighted by molar-refractivity contribution is 5.84. The third kappa shape index (κ3) is 5.42. The summed E-state index contributed by atoms with van der Waals surface area (Å²) in [6.45, 7) is 0.201. The SMILES string of the molecule is C#CCNCC(=O)N[C@H](Cc1ccc(O)cc1)C(=O)O. The van der Waals surface area contributed by atoms with Crippen molar-refractivity contribution in [2.24, 2.45) is 0 Å². The second-order valence-electron chi connectivity index (χ2n) is 4.14. The maximum Gasteiger partial charge on any atom is 0.326 e. The van der Waals surface area contributed by atoms with Gasteiger partial charge >= 0.3 is 5.97 Å². The van der Waals surface area contributed by atoms with Crippen molar-refractivity contribution in [2.75, 3.05) is 13.1 Å². The van der Waals surface area contributed by atoms with Crippen molar-refractivity contribution in [3.8, 4) is 18.1 Å². The first-order valence-electron chi connectivity index (χ1n) is 5.97. The number of carbonyl (C=O) groups excluding carboxylic acids is 1. The molecular weight excluding hydrogens is 260 g/mol. The van der Waals surface area contributed by atoms with Crippen molar-refractivity contribution in [3.63, 3.8) is 0 Å². The molecule has 0 aliphatic rings. The van der Waals surface area contributed by atoms with Crippen molar-refractivity contribution in [3.05, 3.63) is 29.8 Å². The molecule has 1 rings (SSSR count). The van der Waals surface area contributed by atoms with Crippen LogP contribution in [0.4, 0.5) is 0 Å². The molecule has 1 amide bonds. The van der Waals surface area contributed by atoms with Crippen molar-refractivity contribution in [1.82, 2.24) is 10.6 Å². The Kier molecular flexibility index (Phi) is 6.07. The van der Waals surface area contributed by atoms with E-state index in [1.807, 2.05) is 0 Å². The van der Waals surface area contributed by atoms with Gasteiger partial charge in [-0.2, -0.15) is 0 Å². The van der Waals surface area contributed by atoms with Crippen molar-refractivity contribution in [1.29, 1.82) is 0 Å². The van der Waals surface area contributed by atoms with Crippen molar-refractivity contribution < 1.29 is 19.8 Å². The molecule has 0 unspecified atom stereocenters.